The van der Waals surface area contributed by atoms with E-state index in [0.29, 0.717) is 5.92 Å². The predicted molar refractivity (Wildman–Crippen MR) is 67.1 cm³/mol. The zero-order chi connectivity index (χ0) is 11.1. The van der Waals surface area contributed by atoms with Crippen molar-refractivity contribution in [1.82, 2.24) is 0 Å². The number of anilines is 1. The Morgan fingerprint density at radius 1 is 1.27 bits per heavy atom. The molecule has 0 aliphatic carbocycles. The van der Waals surface area contributed by atoms with E-state index >= 15 is 0 Å². The maximum atomic E-state index is 5.51. The van der Waals surface area contributed by atoms with Crippen LogP contribution in [0.25, 0.3) is 0 Å². The molecule has 0 heterocycles. The van der Waals surface area contributed by atoms with Gasteiger partial charge < -0.3 is 11.1 Å². The summed E-state index contributed by atoms with van der Waals surface area (Å²) in [6.45, 7) is 6.17. The molecule has 1 atom stereocenters. The largest absolute Gasteiger partial charge is 0.385 e. The van der Waals surface area contributed by atoms with E-state index in [9.17, 15) is 0 Å². The van der Waals surface area contributed by atoms with Crippen LogP contribution in [0, 0.1) is 5.92 Å². The van der Waals surface area contributed by atoms with Gasteiger partial charge in [0.15, 0.2) is 0 Å². The maximum absolute atomic E-state index is 5.51. The Morgan fingerprint density at radius 3 is 2.47 bits per heavy atom. The van der Waals surface area contributed by atoms with Gasteiger partial charge in [-0.2, -0.15) is 0 Å². The lowest BCUT2D eigenvalue weighted by atomic mass is 10.1. The van der Waals surface area contributed by atoms with Crippen LogP contribution in [-0.2, 0) is 6.42 Å². The van der Waals surface area contributed by atoms with Crippen molar-refractivity contribution in [3.63, 3.8) is 0 Å². The molecule has 2 heteroatoms. The summed E-state index contributed by atoms with van der Waals surface area (Å²) in [6.07, 6.45) is 2.18. The second-order valence-corrected chi connectivity index (χ2v) is 4.11. The zero-order valence-corrected chi connectivity index (χ0v) is 9.79. The first-order valence-electron chi connectivity index (χ1n) is 5.79. The summed E-state index contributed by atoms with van der Waals surface area (Å²) in [5.41, 5.74) is 8.10. The number of aryl methyl sites for hydroxylation is 1. The summed E-state index contributed by atoms with van der Waals surface area (Å²) >= 11 is 0. The average molecular weight is 206 g/mol. The first-order chi connectivity index (χ1) is 7.26. The molecule has 0 aliphatic heterocycles. The lowest BCUT2D eigenvalue weighted by molar-refractivity contribution is 0.568. The van der Waals surface area contributed by atoms with Crippen molar-refractivity contribution in [1.29, 1.82) is 0 Å². The Hall–Kier alpha value is -1.02. The SMILES string of the molecule is CCc1ccc(NCC(C)CCN)cc1. The van der Waals surface area contributed by atoms with E-state index in [4.69, 9.17) is 5.73 Å². The maximum Gasteiger partial charge on any atom is 0.0340 e. The van der Waals surface area contributed by atoms with Crippen LogP contribution < -0.4 is 11.1 Å². The van der Waals surface area contributed by atoms with Crippen molar-refractivity contribution in [3.05, 3.63) is 29.8 Å². The van der Waals surface area contributed by atoms with Gasteiger partial charge >= 0.3 is 0 Å². The second kappa shape index (κ2) is 6.46. The van der Waals surface area contributed by atoms with Crippen LogP contribution >= 0.6 is 0 Å². The van der Waals surface area contributed by atoms with Crippen LogP contribution in [0.5, 0.6) is 0 Å². The van der Waals surface area contributed by atoms with Crippen molar-refractivity contribution in [3.8, 4) is 0 Å². The van der Waals surface area contributed by atoms with Crippen LogP contribution in [-0.4, -0.2) is 13.1 Å². The minimum atomic E-state index is 0.640. The Bertz CT molecular complexity index is 266. The van der Waals surface area contributed by atoms with Gasteiger partial charge in [0, 0.05) is 12.2 Å². The van der Waals surface area contributed by atoms with E-state index in [2.05, 4.69) is 43.4 Å². The van der Waals surface area contributed by atoms with E-state index in [1.54, 1.807) is 0 Å². The molecule has 0 saturated carbocycles. The molecule has 0 radical (unpaired) electrons. The Morgan fingerprint density at radius 2 is 1.93 bits per heavy atom. The highest BCUT2D eigenvalue weighted by Gasteiger charge is 2.00. The first kappa shape index (κ1) is 12.1. The monoisotopic (exact) mass is 206 g/mol. The molecule has 2 nitrogen and oxygen atoms in total. The molecule has 3 N–H and O–H groups in total. The molecule has 0 aliphatic rings. The molecule has 0 spiro atoms. The first-order valence-corrected chi connectivity index (χ1v) is 5.79. The van der Waals surface area contributed by atoms with E-state index in [-0.39, 0.29) is 0 Å². The van der Waals surface area contributed by atoms with Gasteiger partial charge in [-0.25, -0.2) is 0 Å². The highest BCUT2D eigenvalue weighted by molar-refractivity contribution is 5.44. The summed E-state index contributed by atoms with van der Waals surface area (Å²) < 4.78 is 0. The highest BCUT2D eigenvalue weighted by atomic mass is 14.9. The molecule has 84 valence electrons. The van der Waals surface area contributed by atoms with Gasteiger partial charge in [0.05, 0.1) is 0 Å². The van der Waals surface area contributed by atoms with Crippen LogP contribution in [0.15, 0.2) is 24.3 Å². The van der Waals surface area contributed by atoms with Gasteiger partial charge in [-0.05, 0) is 43.0 Å². The lowest BCUT2D eigenvalue weighted by Gasteiger charge is -2.12. The molecule has 15 heavy (non-hydrogen) atoms. The predicted octanol–water partition coefficient (Wildman–Crippen LogP) is 2.65. The molecule has 1 unspecified atom stereocenters. The third-order valence-electron chi connectivity index (χ3n) is 2.68. The van der Waals surface area contributed by atoms with Crippen LogP contribution in [0.1, 0.15) is 25.8 Å². The fraction of sp³-hybridized carbons (Fsp3) is 0.538. The Balaban J connectivity index is 2.37. The smallest absolute Gasteiger partial charge is 0.0340 e. The van der Waals surface area contributed by atoms with Gasteiger partial charge in [-0.15, -0.1) is 0 Å². The minimum Gasteiger partial charge on any atom is -0.385 e. The Labute approximate surface area is 92.9 Å². The van der Waals surface area contributed by atoms with Gasteiger partial charge in [0.1, 0.15) is 0 Å². The van der Waals surface area contributed by atoms with Crippen molar-refractivity contribution in [2.24, 2.45) is 11.7 Å². The summed E-state index contributed by atoms with van der Waals surface area (Å²) in [6, 6.07) is 8.65. The molecular weight excluding hydrogens is 184 g/mol. The van der Waals surface area contributed by atoms with Crippen molar-refractivity contribution in [2.75, 3.05) is 18.4 Å². The molecule has 0 saturated heterocycles. The van der Waals surface area contributed by atoms with Crippen LogP contribution in [0.3, 0.4) is 0 Å². The molecule has 1 rings (SSSR count). The van der Waals surface area contributed by atoms with Crippen molar-refractivity contribution >= 4 is 5.69 Å². The fourth-order valence-corrected chi connectivity index (χ4v) is 1.54. The van der Waals surface area contributed by atoms with Gasteiger partial charge in [-0.1, -0.05) is 26.0 Å². The topological polar surface area (TPSA) is 38.0 Å². The van der Waals surface area contributed by atoms with Gasteiger partial charge in [-0.3, -0.25) is 0 Å². The number of rotatable bonds is 6. The highest BCUT2D eigenvalue weighted by Crippen LogP contribution is 2.11. The average Bonchev–Trinajstić information content (AvgIpc) is 2.27. The molecule has 0 bridgehead atoms. The molecular formula is C13H22N2. The second-order valence-electron chi connectivity index (χ2n) is 4.11. The van der Waals surface area contributed by atoms with Crippen molar-refractivity contribution < 1.29 is 0 Å². The number of nitrogens with two attached hydrogens (primary N) is 1. The van der Waals surface area contributed by atoms with Crippen molar-refractivity contribution in [2.45, 2.75) is 26.7 Å². The molecule has 0 fully saturated rings. The lowest BCUT2D eigenvalue weighted by Crippen LogP contribution is -2.15. The summed E-state index contributed by atoms with van der Waals surface area (Å²) in [7, 11) is 0. The van der Waals surface area contributed by atoms with E-state index in [0.717, 1.165) is 25.9 Å². The summed E-state index contributed by atoms with van der Waals surface area (Å²) in [5, 5.41) is 3.42. The normalized spacial score (nSPS) is 12.5. The summed E-state index contributed by atoms with van der Waals surface area (Å²) in [4.78, 5) is 0. The number of hydrogen-bond acceptors (Lipinski definition) is 2. The third kappa shape index (κ3) is 4.34. The fourth-order valence-electron chi connectivity index (χ4n) is 1.54. The zero-order valence-electron chi connectivity index (χ0n) is 9.79. The Kier molecular flexibility index (Phi) is 5.19. The van der Waals surface area contributed by atoms with Crippen LogP contribution in [0.4, 0.5) is 5.69 Å². The standard InChI is InChI=1S/C13H22N2/c1-3-12-4-6-13(7-5-12)15-10-11(2)8-9-14/h4-7,11,15H,3,8-10,14H2,1-2H3. The minimum absolute atomic E-state index is 0.640. The number of nitrogens with one attached hydrogen (secondary N) is 1. The third-order valence-corrected chi connectivity index (χ3v) is 2.68. The van der Waals surface area contributed by atoms with E-state index < -0.39 is 0 Å². The van der Waals surface area contributed by atoms with Crippen LogP contribution in [0.2, 0.25) is 0 Å². The van der Waals surface area contributed by atoms with E-state index in [1.165, 1.54) is 11.3 Å². The summed E-state index contributed by atoms with van der Waals surface area (Å²) in [5.74, 6) is 0.640. The molecule has 0 amide bonds. The van der Waals surface area contributed by atoms with Gasteiger partial charge in [0.25, 0.3) is 0 Å². The number of benzene rings is 1. The molecule has 1 aromatic rings. The van der Waals surface area contributed by atoms with Gasteiger partial charge in [0.2, 0.25) is 0 Å². The number of hydrogen-bond donors (Lipinski definition) is 2. The van der Waals surface area contributed by atoms with E-state index in [1.807, 2.05) is 0 Å². The quantitative estimate of drug-likeness (QED) is 0.751. The molecule has 1 aromatic carbocycles. The molecule has 0 aromatic heterocycles.